The average molecular weight is 467 g/mol. The van der Waals surface area contributed by atoms with Crippen LogP contribution in [-0.4, -0.2) is 80.0 Å². The molecular weight excluding hydrogens is 436 g/mol. The molecule has 34 heavy (non-hydrogen) atoms. The van der Waals surface area contributed by atoms with Gasteiger partial charge in [-0.3, -0.25) is 19.3 Å². The number of anilines is 1. The van der Waals surface area contributed by atoms with E-state index in [1.807, 2.05) is 29.2 Å². The fourth-order valence-electron chi connectivity index (χ4n) is 4.18. The van der Waals surface area contributed by atoms with Gasteiger partial charge >= 0.3 is 0 Å². The van der Waals surface area contributed by atoms with Crippen LogP contribution in [0, 0.1) is 0 Å². The summed E-state index contributed by atoms with van der Waals surface area (Å²) in [5.41, 5.74) is 0.917. The third-order valence-electron chi connectivity index (χ3n) is 6.16. The van der Waals surface area contributed by atoms with Crippen LogP contribution in [0.5, 0.6) is 11.5 Å². The summed E-state index contributed by atoms with van der Waals surface area (Å²) in [5.74, 6) is 0.812. The molecule has 2 aromatic rings. The lowest BCUT2D eigenvalue weighted by Gasteiger charge is -2.34. The molecule has 180 valence electrons. The van der Waals surface area contributed by atoms with Gasteiger partial charge in [-0.1, -0.05) is 24.3 Å². The van der Waals surface area contributed by atoms with Crippen molar-refractivity contribution in [2.24, 2.45) is 0 Å². The lowest BCUT2D eigenvalue weighted by Crippen LogP contribution is -2.50. The lowest BCUT2D eigenvalue weighted by molar-refractivity contribution is -0.133. The monoisotopic (exact) mass is 466 g/mol. The quantitative estimate of drug-likeness (QED) is 0.615. The summed E-state index contributed by atoms with van der Waals surface area (Å²) < 4.78 is 11.1. The van der Waals surface area contributed by atoms with Crippen molar-refractivity contribution in [3.05, 3.63) is 54.1 Å². The van der Waals surface area contributed by atoms with Crippen LogP contribution in [0.1, 0.15) is 23.2 Å². The molecule has 2 aliphatic heterocycles. The van der Waals surface area contributed by atoms with Crippen molar-refractivity contribution in [3.63, 3.8) is 0 Å². The molecule has 2 N–H and O–H groups in total. The summed E-state index contributed by atoms with van der Waals surface area (Å²) in [4.78, 5) is 41.8. The molecule has 3 amide bonds. The highest BCUT2D eigenvalue weighted by atomic mass is 16.5. The molecule has 0 bridgehead atoms. The molecule has 1 atom stereocenters. The summed E-state index contributed by atoms with van der Waals surface area (Å²) in [5, 5.41) is 5.52. The van der Waals surface area contributed by atoms with Crippen molar-refractivity contribution < 1.29 is 23.9 Å². The van der Waals surface area contributed by atoms with E-state index in [9.17, 15) is 14.4 Å². The van der Waals surface area contributed by atoms with Crippen LogP contribution in [0.4, 0.5) is 5.69 Å². The maximum absolute atomic E-state index is 12.7. The maximum atomic E-state index is 12.7. The van der Waals surface area contributed by atoms with E-state index >= 15 is 0 Å². The Morgan fingerprint density at radius 3 is 2.47 bits per heavy atom. The first-order valence-corrected chi connectivity index (χ1v) is 11.5. The average Bonchev–Trinajstić information content (AvgIpc) is 2.98. The molecule has 9 heteroatoms. The highest BCUT2D eigenvalue weighted by molar-refractivity contribution is 6.09. The smallest absolute Gasteiger partial charge is 0.254 e. The molecule has 1 fully saturated rings. The molecule has 0 radical (unpaired) electrons. The number of carbonyl (C=O) groups is 3. The third-order valence-corrected chi connectivity index (χ3v) is 6.16. The van der Waals surface area contributed by atoms with Gasteiger partial charge in [0.15, 0.2) is 11.5 Å². The van der Waals surface area contributed by atoms with Gasteiger partial charge in [-0.15, -0.1) is 0 Å². The molecule has 0 saturated carbocycles. The summed E-state index contributed by atoms with van der Waals surface area (Å²) in [6, 6.07) is 13.7. The standard InChI is InChI=1S/C25H30N4O5/c1-33-21-8-4-5-9-22(21)34-17-16-28-12-14-29(15-13-28)23(30)11-10-20-25(32)26-19-7-3-2-6-18(19)24(31)27-20/h2-9,20H,10-17H2,1H3,(H,26,32)(H,27,31). The minimum absolute atomic E-state index is 0.00580. The van der Waals surface area contributed by atoms with Crippen LogP contribution in [-0.2, 0) is 9.59 Å². The number of para-hydroxylation sites is 3. The number of nitrogens with zero attached hydrogens (tertiary/aromatic N) is 2. The van der Waals surface area contributed by atoms with E-state index < -0.39 is 6.04 Å². The van der Waals surface area contributed by atoms with Gasteiger partial charge in [-0.2, -0.15) is 0 Å². The van der Waals surface area contributed by atoms with Crippen LogP contribution in [0.25, 0.3) is 0 Å². The number of rotatable bonds is 8. The Hall–Kier alpha value is -3.59. The molecular formula is C25H30N4O5. The Morgan fingerprint density at radius 1 is 1.00 bits per heavy atom. The Labute approximate surface area is 199 Å². The second-order valence-electron chi connectivity index (χ2n) is 8.32. The minimum atomic E-state index is -0.739. The van der Waals surface area contributed by atoms with Gasteiger partial charge in [0.25, 0.3) is 5.91 Å². The predicted molar refractivity (Wildman–Crippen MR) is 127 cm³/mol. The number of benzene rings is 2. The van der Waals surface area contributed by atoms with E-state index in [2.05, 4.69) is 15.5 Å². The van der Waals surface area contributed by atoms with Gasteiger partial charge in [0.05, 0.1) is 18.4 Å². The normalized spacial score (nSPS) is 18.4. The molecule has 1 unspecified atom stereocenters. The number of methoxy groups -OCH3 is 1. The minimum Gasteiger partial charge on any atom is -0.493 e. The largest absolute Gasteiger partial charge is 0.493 e. The molecule has 0 aliphatic carbocycles. The van der Waals surface area contributed by atoms with E-state index in [1.165, 1.54) is 0 Å². The first-order chi connectivity index (χ1) is 16.5. The van der Waals surface area contributed by atoms with Crippen LogP contribution >= 0.6 is 0 Å². The van der Waals surface area contributed by atoms with Gasteiger partial charge < -0.3 is 25.0 Å². The van der Waals surface area contributed by atoms with E-state index in [0.717, 1.165) is 25.4 Å². The van der Waals surface area contributed by atoms with Gasteiger partial charge in [-0.25, -0.2) is 0 Å². The fraction of sp³-hybridized carbons (Fsp3) is 0.400. The molecule has 2 heterocycles. The Bertz CT molecular complexity index is 1040. The Balaban J connectivity index is 1.19. The van der Waals surface area contributed by atoms with Gasteiger partial charge in [-0.05, 0) is 30.7 Å². The molecule has 1 saturated heterocycles. The Kier molecular flexibility index (Phi) is 7.64. The summed E-state index contributed by atoms with van der Waals surface area (Å²) in [6.45, 7) is 4.07. The highest BCUT2D eigenvalue weighted by Gasteiger charge is 2.29. The third kappa shape index (κ3) is 5.66. The second-order valence-corrected chi connectivity index (χ2v) is 8.32. The first-order valence-electron chi connectivity index (χ1n) is 11.5. The van der Waals surface area contributed by atoms with Crippen molar-refractivity contribution in [2.75, 3.05) is 51.8 Å². The zero-order valence-electron chi connectivity index (χ0n) is 19.3. The number of hydrogen-bond donors (Lipinski definition) is 2. The van der Waals surface area contributed by atoms with E-state index in [4.69, 9.17) is 9.47 Å². The number of ether oxygens (including phenoxy) is 2. The predicted octanol–water partition coefficient (Wildman–Crippen LogP) is 1.75. The van der Waals surface area contributed by atoms with E-state index in [0.29, 0.717) is 36.7 Å². The molecule has 2 aliphatic rings. The molecule has 2 aromatic carbocycles. The van der Waals surface area contributed by atoms with Crippen LogP contribution in [0.3, 0.4) is 0 Å². The second kappa shape index (κ2) is 11.0. The number of nitrogens with one attached hydrogen (secondary N) is 2. The molecule has 0 spiro atoms. The number of fused-ring (bicyclic) bond motifs is 1. The summed E-state index contributed by atoms with van der Waals surface area (Å²) in [7, 11) is 1.62. The van der Waals surface area contributed by atoms with Gasteiger partial charge in [0.1, 0.15) is 12.6 Å². The van der Waals surface area contributed by atoms with Gasteiger partial charge in [0.2, 0.25) is 11.8 Å². The Morgan fingerprint density at radius 2 is 1.71 bits per heavy atom. The highest BCUT2D eigenvalue weighted by Crippen LogP contribution is 2.25. The topological polar surface area (TPSA) is 100 Å². The van der Waals surface area contributed by atoms with Crippen molar-refractivity contribution in [3.8, 4) is 11.5 Å². The van der Waals surface area contributed by atoms with E-state index in [-0.39, 0.29) is 30.6 Å². The van der Waals surface area contributed by atoms with E-state index in [1.54, 1.807) is 31.4 Å². The number of carbonyl (C=O) groups excluding carboxylic acids is 3. The van der Waals surface area contributed by atoms with Crippen molar-refractivity contribution in [1.29, 1.82) is 0 Å². The number of piperazine rings is 1. The van der Waals surface area contributed by atoms with Crippen molar-refractivity contribution in [2.45, 2.75) is 18.9 Å². The fourth-order valence-corrected chi connectivity index (χ4v) is 4.18. The zero-order chi connectivity index (χ0) is 23.9. The zero-order valence-corrected chi connectivity index (χ0v) is 19.3. The summed E-state index contributed by atoms with van der Waals surface area (Å²) >= 11 is 0. The molecule has 9 nitrogen and oxygen atoms in total. The van der Waals surface area contributed by atoms with Gasteiger partial charge in [0, 0.05) is 39.1 Å². The number of amides is 3. The lowest BCUT2D eigenvalue weighted by atomic mass is 10.1. The van der Waals surface area contributed by atoms with Crippen LogP contribution in [0.15, 0.2) is 48.5 Å². The number of hydrogen-bond acceptors (Lipinski definition) is 6. The van der Waals surface area contributed by atoms with Crippen molar-refractivity contribution >= 4 is 23.4 Å². The van der Waals surface area contributed by atoms with Crippen LogP contribution < -0.4 is 20.1 Å². The van der Waals surface area contributed by atoms with Crippen molar-refractivity contribution in [1.82, 2.24) is 15.1 Å². The maximum Gasteiger partial charge on any atom is 0.254 e. The van der Waals surface area contributed by atoms with Crippen LogP contribution in [0.2, 0.25) is 0 Å². The molecule has 0 aromatic heterocycles. The SMILES string of the molecule is COc1ccccc1OCCN1CCN(C(=O)CCC2NC(=O)c3ccccc3NC2=O)CC1. The first kappa shape index (κ1) is 23.6. The molecule has 4 rings (SSSR count). The summed E-state index contributed by atoms with van der Waals surface area (Å²) in [6.07, 6.45) is 0.461.